The number of nitrogens with zero attached hydrogens (tertiary/aromatic N) is 4. The molecule has 0 atom stereocenters. The highest BCUT2D eigenvalue weighted by molar-refractivity contribution is 5.92. The predicted octanol–water partition coefficient (Wildman–Crippen LogP) is 3.19. The van der Waals surface area contributed by atoms with E-state index >= 15 is 0 Å². The van der Waals surface area contributed by atoms with Crippen LogP contribution >= 0.6 is 0 Å². The van der Waals surface area contributed by atoms with Crippen LogP contribution < -0.4 is 0 Å². The maximum atomic E-state index is 13.0. The molecule has 1 saturated heterocycles. The summed E-state index contributed by atoms with van der Waals surface area (Å²) in [6.45, 7) is 2.93. The number of likely N-dealkylation sites (tertiary alicyclic amines) is 1. The molecule has 1 aromatic carbocycles. The number of aromatic nitrogens is 3. The number of aryl methyl sites for hydroxylation is 1. The molecule has 0 spiro atoms. The Hall–Kier alpha value is -3.03. The van der Waals surface area contributed by atoms with Crippen molar-refractivity contribution in [3.63, 3.8) is 0 Å². The monoisotopic (exact) mass is 356 g/mol. The summed E-state index contributed by atoms with van der Waals surface area (Å²) in [5.41, 5.74) is 1.01. The topological polar surface area (TPSA) is 85.3 Å². The van der Waals surface area contributed by atoms with Gasteiger partial charge < -0.3 is 13.8 Å². The van der Waals surface area contributed by atoms with Gasteiger partial charge in [-0.3, -0.25) is 4.79 Å². The standard InChI is InChI=1S/C18H17FN4O3/c1-11-10-15(22-26-11)18(24)23-8-6-13(7-9-23)17-21-20-16(25-17)12-2-4-14(19)5-3-12/h2-5,10,13H,6-9H2,1H3. The van der Waals surface area contributed by atoms with E-state index < -0.39 is 0 Å². The number of benzene rings is 1. The average Bonchev–Trinajstić information content (AvgIpc) is 3.31. The minimum atomic E-state index is -0.312. The van der Waals surface area contributed by atoms with Crippen LogP contribution in [-0.4, -0.2) is 39.3 Å². The SMILES string of the molecule is Cc1cc(C(=O)N2CCC(c3nnc(-c4ccc(F)cc4)o3)CC2)no1. The maximum Gasteiger partial charge on any atom is 0.276 e. The highest BCUT2D eigenvalue weighted by Gasteiger charge is 2.29. The molecule has 0 saturated carbocycles. The molecule has 4 rings (SSSR count). The molecule has 0 unspecified atom stereocenters. The molecule has 1 amide bonds. The first-order chi connectivity index (χ1) is 12.6. The molecule has 1 aliphatic rings. The van der Waals surface area contributed by atoms with Crippen molar-refractivity contribution in [1.29, 1.82) is 0 Å². The van der Waals surface area contributed by atoms with Crippen LogP contribution in [0.4, 0.5) is 4.39 Å². The van der Waals surface area contributed by atoms with Crippen LogP contribution in [0.5, 0.6) is 0 Å². The van der Waals surface area contributed by atoms with E-state index in [0.717, 1.165) is 12.8 Å². The molecule has 1 fully saturated rings. The molecule has 0 bridgehead atoms. The fraction of sp³-hybridized carbons (Fsp3) is 0.333. The molecular weight excluding hydrogens is 339 g/mol. The van der Waals surface area contributed by atoms with E-state index in [1.807, 2.05) is 0 Å². The number of carbonyl (C=O) groups excluding carboxylic acids is 1. The molecule has 134 valence electrons. The highest BCUT2D eigenvalue weighted by Crippen LogP contribution is 2.29. The molecule has 0 N–H and O–H groups in total. The Balaban J connectivity index is 1.40. The molecule has 26 heavy (non-hydrogen) atoms. The third-order valence-corrected chi connectivity index (χ3v) is 4.51. The van der Waals surface area contributed by atoms with Crippen molar-refractivity contribution in [3.8, 4) is 11.5 Å². The second-order valence-corrected chi connectivity index (χ2v) is 6.34. The van der Waals surface area contributed by atoms with Crippen LogP contribution in [0.25, 0.3) is 11.5 Å². The van der Waals surface area contributed by atoms with E-state index in [4.69, 9.17) is 8.94 Å². The van der Waals surface area contributed by atoms with Gasteiger partial charge in [-0.25, -0.2) is 4.39 Å². The summed E-state index contributed by atoms with van der Waals surface area (Å²) in [6.07, 6.45) is 1.46. The third-order valence-electron chi connectivity index (χ3n) is 4.51. The van der Waals surface area contributed by atoms with Crippen molar-refractivity contribution in [2.75, 3.05) is 13.1 Å². The van der Waals surface area contributed by atoms with E-state index in [2.05, 4.69) is 15.4 Å². The summed E-state index contributed by atoms with van der Waals surface area (Å²) >= 11 is 0. The normalized spacial score (nSPS) is 15.4. The smallest absolute Gasteiger partial charge is 0.276 e. The molecule has 3 aromatic rings. The van der Waals surface area contributed by atoms with Crippen molar-refractivity contribution < 1.29 is 18.1 Å². The summed E-state index contributed by atoms with van der Waals surface area (Å²) < 4.78 is 23.7. The summed E-state index contributed by atoms with van der Waals surface area (Å²) in [7, 11) is 0. The lowest BCUT2D eigenvalue weighted by Gasteiger charge is -2.29. The Morgan fingerprint density at radius 3 is 2.58 bits per heavy atom. The lowest BCUT2D eigenvalue weighted by atomic mass is 9.96. The summed E-state index contributed by atoms with van der Waals surface area (Å²) in [4.78, 5) is 14.1. The quantitative estimate of drug-likeness (QED) is 0.716. The first kappa shape index (κ1) is 16.4. The predicted molar refractivity (Wildman–Crippen MR) is 88.8 cm³/mol. The van der Waals surface area contributed by atoms with Crippen LogP contribution in [0.15, 0.2) is 39.3 Å². The van der Waals surface area contributed by atoms with E-state index in [1.165, 1.54) is 12.1 Å². The van der Waals surface area contributed by atoms with Gasteiger partial charge in [0.25, 0.3) is 5.91 Å². The molecule has 3 heterocycles. The zero-order valence-corrected chi connectivity index (χ0v) is 14.2. The van der Waals surface area contributed by atoms with E-state index in [-0.39, 0.29) is 17.6 Å². The molecule has 0 aliphatic carbocycles. The van der Waals surface area contributed by atoms with Gasteiger partial charge in [-0.15, -0.1) is 10.2 Å². The average molecular weight is 356 g/mol. The van der Waals surface area contributed by atoms with E-state index in [0.29, 0.717) is 41.9 Å². The number of rotatable bonds is 3. The van der Waals surface area contributed by atoms with Gasteiger partial charge in [0.2, 0.25) is 11.8 Å². The van der Waals surface area contributed by atoms with Gasteiger partial charge in [-0.05, 0) is 44.0 Å². The lowest BCUT2D eigenvalue weighted by Crippen LogP contribution is -2.38. The third kappa shape index (κ3) is 3.22. The Morgan fingerprint density at radius 1 is 1.19 bits per heavy atom. The van der Waals surface area contributed by atoms with Gasteiger partial charge in [0.05, 0.1) is 0 Å². The number of carbonyl (C=O) groups is 1. The second kappa shape index (κ2) is 6.70. The van der Waals surface area contributed by atoms with Gasteiger partial charge in [0.1, 0.15) is 11.6 Å². The molecule has 1 aliphatic heterocycles. The van der Waals surface area contributed by atoms with E-state index in [1.54, 1.807) is 30.0 Å². The minimum Gasteiger partial charge on any atom is -0.420 e. The molecule has 7 nitrogen and oxygen atoms in total. The zero-order chi connectivity index (χ0) is 18.1. The molecule has 2 aromatic heterocycles. The summed E-state index contributed by atoms with van der Waals surface area (Å²) in [5.74, 6) is 1.19. The van der Waals surface area contributed by atoms with Gasteiger partial charge in [-0.2, -0.15) is 0 Å². The lowest BCUT2D eigenvalue weighted by molar-refractivity contribution is 0.0696. The molecular formula is C18H17FN4O3. The first-order valence-electron chi connectivity index (χ1n) is 8.42. The Labute approximate surface area is 148 Å². The van der Waals surface area contributed by atoms with Crippen molar-refractivity contribution in [1.82, 2.24) is 20.3 Å². The number of hydrogen-bond donors (Lipinski definition) is 0. The first-order valence-corrected chi connectivity index (χ1v) is 8.42. The van der Waals surface area contributed by atoms with Gasteiger partial charge in [0.15, 0.2) is 5.69 Å². The maximum absolute atomic E-state index is 13.0. The van der Waals surface area contributed by atoms with Crippen molar-refractivity contribution in [2.24, 2.45) is 0 Å². The van der Waals surface area contributed by atoms with Crippen molar-refractivity contribution in [2.45, 2.75) is 25.7 Å². The summed E-state index contributed by atoms with van der Waals surface area (Å²) in [6, 6.07) is 7.56. The van der Waals surface area contributed by atoms with E-state index in [9.17, 15) is 9.18 Å². The number of hydrogen-bond acceptors (Lipinski definition) is 6. The summed E-state index contributed by atoms with van der Waals surface area (Å²) in [5, 5.41) is 12.0. The Morgan fingerprint density at radius 2 is 1.92 bits per heavy atom. The Bertz CT molecular complexity index is 911. The number of halogens is 1. The fourth-order valence-electron chi connectivity index (χ4n) is 3.07. The van der Waals surface area contributed by atoms with Crippen molar-refractivity contribution >= 4 is 5.91 Å². The largest absolute Gasteiger partial charge is 0.420 e. The number of amides is 1. The molecule has 8 heteroatoms. The zero-order valence-electron chi connectivity index (χ0n) is 14.2. The van der Waals surface area contributed by atoms with Gasteiger partial charge in [-0.1, -0.05) is 5.16 Å². The highest BCUT2D eigenvalue weighted by atomic mass is 19.1. The van der Waals surface area contributed by atoms with Crippen LogP contribution in [0.1, 0.15) is 40.9 Å². The molecule has 0 radical (unpaired) electrons. The van der Waals surface area contributed by atoms with Gasteiger partial charge in [0, 0.05) is 30.6 Å². The fourth-order valence-corrected chi connectivity index (χ4v) is 3.07. The van der Waals surface area contributed by atoms with Crippen LogP contribution in [0, 0.1) is 12.7 Å². The minimum absolute atomic E-state index is 0.0970. The van der Waals surface area contributed by atoms with Gasteiger partial charge >= 0.3 is 0 Å². The Kier molecular flexibility index (Phi) is 4.24. The number of piperidine rings is 1. The second-order valence-electron chi connectivity index (χ2n) is 6.34. The van der Waals surface area contributed by atoms with Crippen LogP contribution in [-0.2, 0) is 0 Å². The van der Waals surface area contributed by atoms with Crippen LogP contribution in [0.3, 0.4) is 0 Å². The van der Waals surface area contributed by atoms with Crippen molar-refractivity contribution in [3.05, 3.63) is 53.5 Å². The van der Waals surface area contributed by atoms with Crippen LogP contribution in [0.2, 0.25) is 0 Å².